The van der Waals surface area contributed by atoms with Gasteiger partial charge in [-0.05, 0) is 51.2 Å². The predicted octanol–water partition coefficient (Wildman–Crippen LogP) is 4.61. The van der Waals surface area contributed by atoms with Gasteiger partial charge >= 0.3 is 0 Å². The van der Waals surface area contributed by atoms with Crippen molar-refractivity contribution in [3.8, 4) is 0 Å². The molecule has 0 radical (unpaired) electrons. The molecule has 0 aliphatic heterocycles. The number of rotatable bonds is 0. The molecule has 0 atom stereocenters. The second kappa shape index (κ2) is 4.93. The topological polar surface area (TPSA) is 38.4 Å². The van der Waals surface area contributed by atoms with E-state index in [2.05, 4.69) is 77.9 Å². The fourth-order valence-electron chi connectivity index (χ4n) is 3.80. The van der Waals surface area contributed by atoms with E-state index in [1.54, 1.807) is 0 Å². The predicted molar refractivity (Wildman–Crippen MR) is 101 cm³/mol. The van der Waals surface area contributed by atoms with Crippen molar-refractivity contribution in [2.75, 3.05) is 0 Å². The number of hydrogen-bond donors (Lipinski definition) is 1. The summed E-state index contributed by atoms with van der Waals surface area (Å²) < 4.78 is 0. The number of fused-ring (bicyclic) bond motifs is 4. The molecule has 0 amide bonds. The molecule has 24 heavy (non-hydrogen) atoms. The zero-order valence-electron chi connectivity index (χ0n) is 13.2. The van der Waals surface area contributed by atoms with Crippen molar-refractivity contribution in [1.82, 2.24) is 0 Å². The third kappa shape index (κ3) is 1.86. The van der Waals surface area contributed by atoms with Gasteiger partial charge in [-0.15, -0.1) is 0 Å². The highest BCUT2D eigenvalue weighted by Gasteiger charge is 2.22. The van der Waals surface area contributed by atoms with Gasteiger partial charge in [0.05, 0.1) is 5.71 Å². The van der Waals surface area contributed by atoms with Crippen LogP contribution in [-0.4, -0.2) is 5.71 Å². The lowest BCUT2D eigenvalue weighted by Crippen LogP contribution is -2.17. The van der Waals surface area contributed by atoms with Crippen molar-refractivity contribution in [3.63, 3.8) is 0 Å². The van der Waals surface area contributed by atoms with Gasteiger partial charge in [-0.2, -0.15) is 5.10 Å². The van der Waals surface area contributed by atoms with Gasteiger partial charge in [0.1, 0.15) is 0 Å². The van der Waals surface area contributed by atoms with Crippen LogP contribution in [0.3, 0.4) is 0 Å². The van der Waals surface area contributed by atoms with Crippen LogP contribution >= 0.6 is 0 Å². The monoisotopic (exact) mass is 308 g/mol. The fourth-order valence-corrected chi connectivity index (χ4v) is 3.80. The third-order valence-corrected chi connectivity index (χ3v) is 4.96. The zero-order chi connectivity index (χ0) is 16.1. The van der Waals surface area contributed by atoms with Crippen molar-refractivity contribution < 1.29 is 0 Å². The molecule has 4 aromatic carbocycles. The van der Waals surface area contributed by atoms with Gasteiger partial charge in [0.25, 0.3) is 0 Å². The Bertz CT molecular complexity index is 1050. The molecule has 0 heterocycles. The Hall–Kier alpha value is -3.13. The van der Waals surface area contributed by atoms with Crippen LogP contribution in [0.2, 0.25) is 0 Å². The zero-order valence-corrected chi connectivity index (χ0v) is 13.2. The summed E-state index contributed by atoms with van der Waals surface area (Å²) in [4.78, 5) is 0. The van der Waals surface area contributed by atoms with Gasteiger partial charge in [0.15, 0.2) is 0 Å². The van der Waals surface area contributed by atoms with Crippen LogP contribution in [-0.2, 0) is 6.42 Å². The Kier molecular flexibility index (Phi) is 2.74. The molecule has 0 saturated carbocycles. The van der Waals surface area contributed by atoms with Gasteiger partial charge in [-0.25, -0.2) is 0 Å². The Labute approximate surface area is 140 Å². The molecule has 0 bridgehead atoms. The van der Waals surface area contributed by atoms with Crippen molar-refractivity contribution >= 4 is 27.3 Å². The third-order valence-electron chi connectivity index (χ3n) is 4.96. The van der Waals surface area contributed by atoms with E-state index in [1.165, 1.54) is 32.7 Å². The van der Waals surface area contributed by atoms with Crippen molar-refractivity contribution in [1.29, 1.82) is 0 Å². The first kappa shape index (κ1) is 13.3. The first-order chi connectivity index (χ1) is 11.8. The average Bonchev–Trinajstić information content (AvgIpc) is 2.63. The summed E-state index contributed by atoms with van der Waals surface area (Å²) in [6.07, 6.45) is 0.916. The summed E-state index contributed by atoms with van der Waals surface area (Å²) >= 11 is 0. The molecule has 0 unspecified atom stereocenters. The summed E-state index contributed by atoms with van der Waals surface area (Å²) in [6, 6.07) is 25.9. The summed E-state index contributed by atoms with van der Waals surface area (Å²) in [5, 5.41) is 9.13. The van der Waals surface area contributed by atoms with Crippen LogP contribution in [0.1, 0.15) is 22.3 Å². The van der Waals surface area contributed by atoms with E-state index < -0.39 is 0 Å². The molecule has 0 fully saturated rings. The molecule has 4 aromatic rings. The molecule has 1 aliphatic rings. The molecule has 0 aromatic heterocycles. The molecule has 2 nitrogen and oxygen atoms in total. The van der Waals surface area contributed by atoms with Gasteiger partial charge in [-0.1, -0.05) is 60.7 Å². The first-order valence-corrected chi connectivity index (χ1v) is 8.15. The Morgan fingerprint density at radius 2 is 1.04 bits per heavy atom. The standard InChI is InChI=1S/C22H16N2/c23-24-22-20-12-16-7-3-1-5-14(16)9-18(20)11-19-10-15-6-2-4-8-17(15)13-21(19)22/h1-10,12-13H,11,23H2. The van der Waals surface area contributed by atoms with Crippen LogP contribution < -0.4 is 5.84 Å². The van der Waals surface area contributed by atoms with Crippen LogP contribution in [0.25, 0.3) is 21.5 Å². The van der Waals surface area contributed by atoms with E-state index in [-0.39, 0.29) is 0 Å². The van der Waals surface area contributed by atoms with E-state index in [0.29, 0.717) is 0 Å². The molecule has 114 valence electrons. The number of nitrogens with zero attached hydrogens (tertiary/aromatic N) is 1. The number of hydrogen-bond acceptors (Lipinski definition) is 2. The highest BCUT2D eigenvalue weighted by atomic mass is 15.1. The highest BCUT2D eigenvalue weighted by Crippen LogP contribution is 2.33. The summed E-state index contributed by atoms with van der Waals surface area (Å²) in [7, 11) is 0. The molecular formula is C22H16N2. The lowest BCUT2D eigenvalue weighted by atomic mass is 9.82. The first-order valence-electron chi connectivity index (χ1n) is 8.15. The molecule has 1 aliphatic carbocycles. The smallest absolute Gasteiger partial charge is 0.0977 e. The Morgan fingerprint density at radius 1 is 0.625 bits per heavy atom. The van der Waals surface area contributed by atoms with Crippen molar-refractivity contribution in [2.24, 2.45) is 10.9 Å². The molecular weight excluding hydrogens is 292 g/mol. The van der Waals surface area contributed by atoms with E-state index >= 15 is 0 Å². The van der Waals surface area contributed by atoms with Gasteiger partial charge < -0.3 is 5.84 Å². The van der Waals surface area contributed by atoms with E-state index in [0.717, 1.165) is 23.3 Å². The largest absolute Gasteiger partial charge is 0.323 e. The van der Waals surface area contributed by atoms with Crippen molar-refractivity contribution in [3.05, 3.63) is 95.1 Å². The van der Waals surface area contributed by atoms with Crippen LogP contribution in [0, 0.1) is 0 Å². The minimum Gasteiger partial charge on any atom is -0.323 e. The maximum atomic E-state index is 5.81. The minimum absolute atomic E-state index is 0.891. The average molecular weight is 308 g/mol. The van der Waals surface area contributed by atoms with Crippen molar-refractivity contribution in [2.45, 2.75) is 6.42 Å². The molecule has 2 heteroatoms. The Balaban J connectivity index is 1.81. The number of benzene rings is 4. The molecule has 0 saturated heterocycles. The lowest BCUT2D eigenvalue weighted by Gasteiger charge is -2.22. The minimum atomic E-state index is 0.891. The van der Waals surface area contributed by atoms with E-state index in [4.69, 9.17) is 5.84 Å². The maximum absolute atomic E-state index is 5.81. The van der Waals surface area contributed by atoms with Gasteiger partial charge in [-0.3, -0.25) is 0 Å². The summed E-state index contributed by atoms with van der Waals surface area (Å²) in [6.45, 7) is 0. The lowest BCUT2D eigenvalue weighted by molar-refractivity contribution is 1.14. The fraction of sp³-hybridized carbons (Fsp3) is 0.0455. The van der Waals surface area contributed by atoms with Gasteiger partial charge in [0.2, 0.25) is 0 Å². The SMILES string of the molecule is NN=C1c2cc3ccccc3cc2Cc2cc3ccccc3cc21. The van der Waals surface area contributed by atoms with E-state index in [9.17, 15) is 0 Å². The quantitative estimate of drug-likeness (QED) is 0.329. The van der Waals surface area contributed by atoms with E-state index in [1.807, 2.05) is 0 Å². The second-order valence-electron chi connectivity index (χ2n) is 6.37. The highest BCUT2D eigenvalue weighted by molar-refractivity contribution is 6.18. The Morgan fingerprint density at radius 3 is 1.46 bits per heavy atom. The molecule has 5 rings (SSSR count). The van der Waals surface area contributed by atoms with Crippen LogP contribution in [0.5, 0.6) is 0 Å². The van der Waals surface area contributed by atoms with Gasteiger partial charge in [0, 0.05) is 11.1 Å². The summed E-state index contributed by atoms with van der Waals surface area (Å²) in [5.74, 6) is 5.81. The summed E-state index contributed by atoms with van der Waals surface area (Å²) in [5.41, 5.74) is 5.78. The normalized spacial score (nSPS) is 12.9. The second-order valence-corrected chi connectivity index (χ2v) is 6.37. The number of hydrazone groups is 1. The number of nitrogens with two attached hydrogens (primary N) is 1. The molecule has 2 N–H and O–H groups in total. The maximum Gasteiger partial charge on any atom is 0.0977 e. The van der Waals surface area contributed by atoms with Crippen LogP contribution in [0.4, 0.5) is 0 Å². The van der Waals surface area contributed by atoms with Crippen LogP contribution in [0.15, 0.2) is 77.9 Å². The molecule has 0 spiro atoms.